The molecule has 0 bridgehead atoms. The molecule has 2 rings (SSSR count). The van der Waals surface area contributed by atoms with E-state index in [1.165, 1.54) is 25.1 Å². The third-order valence-electron chi connectivity index (χ3n) is 3.80. The Kier molecular flexibility index (Phi) is 7.37. The first kappa shape index (κ1) is 20.5. The summed E-state index contributed by atoms with van der Waals surface area (Å²) in [6.07, 6.45) is 1.57. The van der Waals surface area contributed by atoms with Crippen molar-refractivity contribution in [2.45, 2.75) is 19.8 Å². The summed E-state index contributed by atoms with van der Waals surface area (Å²) in [4.78, 5) is 35.0. The smallest absolute Gasteiger partial charge is 0.342 e. The first-order chi connectivity index (χ1) is 12.9. The van der Waals surface area contributed by atoms with Gasteiger partial charge in [-0.2, -0.15) is 0 Å². The molecule has 0 unspecified atom stereocenters. The molecule has 142 valence electrons. The Labute approximate surface area is 162 Å². The molecule has 0 saturated carbocycles. The van der Waals surface area contributed by atoms with E-state index in [1.807, 2.05) is 12.1 Å². The Morgan fingerprint density at radius 1 is 1.11 bits per heavy atom. The predicted molar refractivity (Wildman–Crippen MR) is 101 cm³/mol. The van der Waals surface area contributed by atoms with E-state index in [9.17, 15) is 19.5 Å². The van der Waals surface area contributed by atoms with Gasteiger partial charge < -0.3 is 15.2 Å². The highest BCUT2D eigenvalue weighted by molar-refractivity contribution is 6.31. The van der Waals surface area contributed by atoms with E-state index in [0.717, 1.165) is 18.4 Å². The van der Waals surface area contributed by atoms with Gasteiger partial charge in [-0.15, -0.1) is 0 Å². The number of phenols is 1. The highest BCUT2D eigenvalue weighted by Crippen LogP contribution is 2.22. The van der Waals surface area contributed by atoms with Gasteiger partial charge in [0.2, 0.25) is 5.91 Å². The summed E-state index contributed by atoms with van der Waals surface area (Å²) in [6.45, 7) is 1.63. The first-order valence-electron chi connectivity index (χ1n) is 8.39. The number of aryl methyl sites for hydroxylation is 1. The molecule has 0 saturated heterocycles. The second kappa shape index (κ2) is 9.73. The summed E-state index contributed by atoms with van der Waals surface area (Å²) in [5.41, 5.74) is 1.37. The van der Waals surface area contributed by atoms with Crippen molar-refractivity contribution < 1.29 is 24.2 Å². The minimum atomic E-state index is -0.821. The van der Waals surface area contributed by atoms with Crippen molar-refractivity contribution >= 4 is 29.3 Å². The predicted octanol–water partition coefficient (Wildman–Crippen LogP) is 3.15. The standard InChI is InChI=1S/C20H20ClNO5/c1-13(23)22-10-2-3-14-4-6-15(7-5-14)19(25)12-27-20(26)17-11-16(21)8-9-18(17)24/h4-9,11,24H,2-3,10,12H2,1H3,(H,22,23). The molecule has 1 amide bonds. The zero-order valence-corrected chi connectivity index (χ0v) is 15.6. The molecular formula is C20H20ClNO5. The number of amides is 1. The lowest BCUT2D eigenvalue weighted by Gasteiger charge is -2.07. The largest absolute Gasteiger partial charge is 0.507 e. The number of esters is 1. The van der Waals surface area contributed by atoms with Gasteiger partial charge in [0, 0.05) is 24.1 Å². The lowest BCUT2D eigenvalue weighted by Crippen LogP contribution is -2.21. The van der Waals surface area contributed by atoms with E-state index < -0.39 is 12.6 Å². The molecule has 0 heterocycles. The fraction of sp³-hybridized carbons (Fsp3) is 0.250. The van der Waals surface area contributed by atoms with Gasteiger partial charge in [-0.3, -0.25) is 9.59 Å². The van der Waals surface area contributed by atoms with Gasteiger partial charge in [-0.1, -0.05) is 35.9 Å². The molecular weight excluding hydrogens is 370 g/mol. The fourth-order valence-corrected chi connectivity index (χ4v) is 2.55. The second-order valence-corrected chi connectivity index (χ2v) is 6.38. The van der Waals surface area contributed by atoms with Crippen LogP contribution in [0.4, 0.5) is 0 Å². The van der Waals surface area contributed by atoms with Gasteiger partial charge in [0.15, 0.2) is 12.4 Å². The molecule has 27 heavy (non-hydrogen) atoms. The fourth-order valence-electron chi connectivity index (χ4n) is 2.38. The van der Waals surface area contributed by atoms with Gasteiger partial charge in [0.25, 0.3) is 0 Å². The lowest BCUT2D eigenvalue weighted by atomic mass is 10.1. The number of ketones is 1. The maximum Gasteiger partial charge on any atom is 0.342 e. The van der Waals surface area contributed by atoms with Crippen molar-refractivity contribution in [3.05, 3.63) is 64.2 Å². The number of hydrogen-bond donors (Lipinski definition) is 2. The van der Waals surface area contributed by atoms with E-state index >= 15 is 0 Å². The number of nitrogens with one attached hydrogen (secondary N) is 1. The summed E-state index contributed by atoms with van der Waals surface area (Å²) in [5.74, 6) is -1.50. The number of carbonyl (C=O) groups is 3. The van der Waals surface area contributed by atoms with Gasteiger partial charge in [-0.25, -0.2) is 4.79 Å². The minimum absolute atomic E-state index is 0.0587. The minimum Gasteiger partial charge on any atom is -0.507 e. The average molecular weight is 390 g/mol. The summed E-state index contributed by atoms with van der Waals surface area (Å²) in [5, 5.41) is 12.7. The monoisotopic (exact) mass is 389 g/mol. The van der Waals surface area contributed by atoms with Crippen molar-refractivity contribution in [2.24, 2.45) is 0 Å². The Morgan fingerprint density at radius 2 is 1.81 bits per heavy atom. The molecule has 6 nitrogen and oxygen atoms in total. The van der Waals surface area contributed by atoms with Crippen LogP contribution >= 0.6 is 11.6 Å². The maximum atomic E-state index is 12.2. The van der Waals surface area contributed by atoms with Crippen LogP contribution in [0.15, 0.2) is 42.5 Å². The Hall–Kier alpha value is -2.86. The molecule has 0 spiro atoms. The van der Waals surface area contributed by atoms with E-state index in [0.29, 0.717) is 12.1 Å². The van der Waals surface area contributed by atoms with Crippen LogP contribution in [0, 0.1) is 0 Å². The van der Waals surface area contributed by atoms with Crippen LogP contribution in [0.5, 0.6) is 5.75 Å². The molecule has 0 atom stereocenters. The number of halogens is 1. The average Bonchev–Trinajstić information content (AvgIpc) is 2.65. The number of aromatic hydroxyl groups is 1. The van der Waals surface area contributed by atoms with E-state index in [2.05, 4.69) is 5.32 Å². The number of rotatable bonds is 8. The number of Topliss-reactive ketones (excluding diaryl/α,β-unsaturated/α-hetero) is 1. The molecule has 7 heteroatoms. The van der Waals surface area contributed by atoms with E-state index in [-0.39, 0.29) is 28.0 Å². The second-order valence-electron chi connectivity index (χ2n) is 5.94. The number of ether oxygens (including phenoxy) is 1. The van der Waals surface area contributed by atoms with Crippen LogP contribution in [0.2, 0.25) is 5.02 Å². The van der Waals surface area contributed by atoms with Crippen molar-refractivity contribution in [3.63, 3.8) is 0 Å². The Balaban J connectivity index is 1.86. The summed E-state index contributed by atoms with van der Waals surface area (Å²) < 4.78 is 4.96. The third-order valence-corrected chi connectivity index (χ3v) is 4.04. The van der Waals surface area contributed by atoms with Gasteiger partial charge in [0.1, 0.15) is 11.3 Å². The van der Waals surface area contributed by atoms with Crippen LogP contribution in [0.3, 0.4) is 0 Å². The van der Waals surface area contributed by atoms with E-state index in [1.54, 1.807) is 12.1 Å². The maximum absolute atomic E-state index is 12.2. The number of benzene rings is 2. The zero-order chi connectivity index (χ0) is 19.8. The van der Waals surface area contributed by atoms with Gasteiger partial charge >= 0.3 is 5.97 Å². The first-order valence-corrected chi connectivity index (χ1v) is 8.77. The SMILES string of the molecule is CC(=O)NCCCc1ccc(C(=O)COC(=O)c2cc(Cl)ccc2O)cc1. The van der Waals surface area contributed by atoms with Crippen molar-refractivity contribution in [3.8, 4) is 5.75 Å². The van der Waals surface area contributed by atoms with Crippen LogP contribution in [0.1, 0.15) is 39.6 Å². The molecule has 0 aromatic heterocycles. The summed E-state index contributed by atoms with van der Waals surface area (Å²) in [6, 6.07) is 11.0. The molecule has 0 aliphatic carbocycles. The summed E-state index contributed by atoms with van der Waals surface area (Å²) >= 11 is 5.79. The van der Waals surface area contributed by atoms with Crippen LogP contribution in [-0.4, -0.2) is 35.9 Å². The molecule has 0 aliphatic rings. The molecule has 2 aromatic carbocycles. The molecule has 0 radical (unpaired) electrons. The molecule has 2 N–H and O–H groups in total. The van der Waals surface area contributed by atoms with Crippen LogP contribution in [0.25, 0.3) is 0 Å². The quantitative estimate of drug-likeness (QED) is 0.411. The lowest BCUT2D eigenvalue weighted by molar-refractivity contribution is -0.118. The topological polar surface area (TPSA) is 92.7 Å². The third kappa shape index (κ3) is 6.42. The van der Waals surface area contributed by atoms with Gasteiger partial charge in [0.05, 0.1) is 0 Å². The van der Waals surface area contributed by atoms with Crippen molar-refractivity contribution in [1.82, 2.24) is 5.32 Å². The zero-order valence-electron chi connectivity index (χ0n) is 14.8. The number of hydrogen-bond acceptors (Lipinski definition) is 5. The molecule has 0 aliphatic heterocycles. The van der Waals surface area contributed by atoms with Crippen molar-refractivity contribution in [1.29, 1.82) is 0 Å². The van der Waals surface area contributed by atoms with Crippen LogP contribution in [-0.2, 0) is 16.0 Å². The van der Waals surface area contributed by atoms with Gasteiger partial charge in [-0.05, 0) is 36.6 Å². The molecule has 2 aromatic rings. The highest BCUT2D eigenvalue weighted by Gasteiger charge is 2.15. The Bertz CT molecular complexity index is 833. The number of phenolic OH excluding ortho intramolecular Hbond substituents is 1. The van der Waals surface area contributed by atoms with E-state index in [4.69, 9.17) is 16.3 Å². The Morgan fingerprint density at radius 3 is 2.48 bits per heavy atom. The molecule has 0 fully saturated rings. The normalized spacial score (nSPS) is 10.3. The summed E-state index contributed by atoms with van der Waals surface area (Å²) in [7, 11) is 0. The number of carbonyl (C=O) groups excluding carboxylic acids is 3. The van der Waals surface area contributed by atoms with Crippen molar-refractivity contribution in [2.75, 3.05) is 13.2 Å². The highest BCUT2D eigenvalue weighted by atomic mass is 35.5. The van der Waals surface area contributed by atoms with Crippen LogP contribution < -0.4 is 5.32 Å².